The number of hydrogen-bond donors (Lipinski definition) is 0. The van der Waals surface area contributed by atoms with Crippen molar-refractivity contribution in [1.29, 1.82) is 0 Å². The molecule has 0 radical (unpaired) electrons. The largest absolute Gasteiger partial charge is 0.310 e. The van der Waals surface area contributed by atoms with Gasteiger partial charge in [0.25, 0.3) is 0 Å². The number of hydrogen-bond acceptors (Lipinski definition) is 2. The summed E-state index contributed by atoms with van der Waals surface area (Å²) in [5.74, 6) is 0.257. The molecule has 318 valence electrons. The molecule has 0 N–H and O–H groups in total. The molecule has 0 amide bonds. The molecular weight excluding hydrogens is 815 g/mol. The van der Waals surface area contributed by atoms with Crippen molar-refractivity contribution in [2.45, 2.75) is 39.5 Å². The fourth-order valence-electron chi connectivity index (χ4n) is 11.0. The minimum atomic E-state index is -0.275. The van der Waals surface area contributed by atoms with Crippen LogP contribution in [0.3, 0.4) is 0 Å². The smallest absolute Gasteiger partial charge is 0.125 e. The molecule has 0 bridgehead atoms. The van der Waals surface area contributed by atoms with Crippen LogP contribution >= 0.6 is 0 Å². The Morgan fingerprint density at radius 2 is 0.758 bits per heavy atom. The number of rotatable bonds is 8. The fraction of sp³-hybridized carbons (Fsp3) is 0.100. The highest BCUT2D eigenvalue weighted by molar-refractivity contribution is 6.31. The Labute approximate surface area is 380 Å². The summed E-state index contributed by atoms with van der Waals surface area (Å²) in [6, 6.07) is 62.3. The van der Waals surface area contributed by atoms with Gasteiger partial charge in [-0.1, -0.05) is 107 Å². The highest BCUT2D eigenvalue weighted by Crippen LogP contribution is 2.50. The Hall–Kier alpha value is -7.96. The lowest BCUT2D eigenvalue weighted by molar-refractivity contribution is 0.627. The van der Waals surface area contributed by atoms with Crippen LogP contribution < -0.4 is 9.80 Å². The normalized spacial score (nSPS) is 12.4. The molecule has 0 aliphatic carbocycles. The van der Waals surface area contributed by atoms with Crippen LogP contribution in [0.5, 0.6) is 0 Å². The van der Waals surface area contributed by atoms with E-state index in [0.29, 0.717) is 11.8 Å². The van der Waals surface area contributed by atoms with Crippen LogP contribution in [-0.4, -0.2) is 8.80 Å². The zero-order valence-electron chi connectivity index (χ0n) is 37.0. The van der Waals surface area contributed by atoms with Crippen molar-refractivity contribution in [3.8, 4) is 0 Å². The second kappa shape index (κ2) is 14.3. The van der Waals surface area contributed by atoms with Crippen LogP contribution in [0, 0.1) is 11.6 Å². The van der Waals surface area contributed by atoms with Crippen molar-refractivity contribution in [2.24, 2.45) is 0 Å². The molecule has 0 saturated heterocycles. The van der Waals surface area contributed by atoms with Crippen LogP contribution in [0.25, 0.3) is 76.2 Å². The topological polar surface area (TPSA) is 15.3 Å². The monoisotopic (exact) mass is 858 g/mol. The van der Waals surface area contributed by atoms with Crippen molar-refractivity contribution in [1.82, 2.24) is 8.80 Å². The Bertz CT molecular complexity index is 4010. The van der Waals surface area contributed by atoms with E-state index in [-0.39, 0.29) is 11.6 Å². The van der Waals surface area contributed by atoms with E-state index >= 15 is 4.39 Å². The zero-order valence-corrected chi connectivity index (χ0v) is 37.0. The molecule has 0 aliphatic rings. The summed E-state index contributed by atoms with van der Waals surface area (Å²) < 4.78 is 34.4. The van der Waals surface area contributed by atoms with Gasteiger partial charge in [0.1, 0.15) is 11.6 Å². The van der Waals surface area contributed by atoms with Gasteiger partial charge in [0.05, 0.1) is 44.5 Å². The number of anilines is 6. The van der Waals surface area contributed by atoms with Gasteiger partial charge in [-0.2, -0.15) is 0 Å². The highest BCUT2D eigenvalue weighted by Gasteiger charge is 2.27. The average molecular weight is 859 g/mol. The first kappa shape index (κ1) is 38.5. The lowest BCUT2D eigenvalue weighted by Crippen LogP contribution is -2.10. The molecule has 0 fully saturated rings. The van der Waals surface area contributed by atoms with E-state index in [1.807, 2.05) is 18.2 Å². The molecule has 0 aliphatic heterocycles. The Balaban J connectivity index is 1.06. The molecule has 9 aromatic carbocycles. The third-order valence-corrected chi connectivity index (χ3v) is 14.0. The van der Waals surface area contributed by atoms with Gasteiger partial charge in [-0.15, -0.1) is 0 Å². The maximum absolute atomic E-state index is 15.1. The summed E-state index contributed by atoms with van der Waals surface area (Å²) >= 11 is 0. The van der Waals surface area contributed by atoms with Crippen LogP contribution in [0.4, 0.5) is 42.9 Å². The molecule has 13 rings (SSSR count). The second-order valence-electron chi connectivity index (χ2n) is 18.4. The third-order valence-electron chi connectivity index (χ3n) is 14.0. The quantitative estimate of drug-likeness (QED) is 0.151. The maximum Gasteiger partial charge on any atom is 0.125 e. The molecule has 4 aromatic heterocycles. The van der Waals surface area contributed by atoms with Gasteiger partial charge in [-0.05, 0) is 126 Å². The summed E-state index contributed by atoms with van der Waals surface area (Å²) in [6.07, 6.45) is 0. The summed E-state index contributed by atoms with van der Waals surface area (Å²) in [7, 11) is 0. The highest BCUT2D eigenvalue weighted by atomic mass is 19.1. The lowest BCUT2D eigenvalue weighted by Gasteiger charge is -2.27. The fourth-order valence-corrected chi connectivity index (χ4v) is 11.0. The van der Waals surface area contributed by atoms with Gasteiger partial charge in [-0.3, -0.25) is 0 Å². The van der Waals surface area contributed by atoms with E-state index in [1.165, 1.54) is 49.8 Å². The molecule has 4 heterocycles. The third kappa shape index (κ3) is 5.48. The van der Waals surface area contributed by atoms with E-state index in [0.717, 1.165) is 77.7 Å². The minimum absolute atomic E-state index is 0.263. The Morgan fingerprint density at radius 3 is 1.21 bits per heavy atom. The van der Waals surface area contributed by atoms with Crippen LogP contribution in [0.15, 0.2) is 182 Å². The molecule has 0 atom stereocenters. The Morgan fingerprint density at radius 1 is 0.348 bits per heavy atom. The zero-order chi connectivity index (χ0) is 44.5. The van der Waals surface area contributed by atoms with Crippen LogP contribution in [0.1, 0.15) is 50.7 Å². The molecule has 0 saturated carbocycles. The number of fused-ring (bicyclic) bond motifs is 12. The first-order valence-electron chi connectivity index (χ1n) is 22.9. The SMILES string of the molecule is CC(C)c1ccc(N(c2ccc(F)cc2)c2cccc3c2c2cccc4c5cc6c(cc5n3c42)c2cccc3c4c(N(c5ccc(C(C)C)cc5)c5cccc(F)c5)cccc4n6c23)cc1. The van der Waals surface area contributed by atoms with Crippen molar-refractivity contribution in [2.75, 3.05) is 9.80 Å². The molecular formula is C60H44F2N4. The predicted octanol–water partition coefficient (Wildman–Crippen LogP) is 17.5. The number of halogens is 2. The predicted molar refractivity (Wildman–Crippen MR) is 273 cm³/mol. The number of nitrogens with zero attached hydrogens (tertiary/aromatic N) is 4. The van der Waals surface area contributed by atoms with Crippen molar-refractivity contribution in [3.05, 3.63) is 205 Å². The molecule has 0 unspecified atom stereocenters. The summed E-state index contributed by atoms with van der Waals surface area (Å²) in [5, 5.41) is 9.32. The summed E-state index contributed by atoms with van der Waals surface area (Å²) in [5.41, 5.74) is 15.1. The van der Waals surface area contributed by atoms with Gasteiger partial charge in [-0.25, -0.2) is 8.78 Å². The Kier molecular flexibility index (Phi) is 8.32. The number of para-hydroxylation sites is 2. The van der Waals surface area contributed by atoms with Crippen molar-refractivity contribution in [3.63, 3.8) is 0 Å². The van der Waals surface area contributed by atoms with Crippen LogP contribution in [-0.2, 0) is 0 Å². The minimum Gasteiger partial charge on any atom is -0.310 e. The number of benzene rings is 9. The van der Waals surface area contributed by atoms with Gasteiger partial charge >= 0.3 is 0 Å². The molecule has 66 heavy (non-hydrogen) atoms. The van der Waals surface area contributed by atoms with Gasteiger partial charge in [0, 0.05) is 65.8 Å². The molecule has 6 heteroatoms. The molecule has 0 spiro atoms. The van der Waals surface area contributed by atoms with E-state index in [4.69, 9.17) is 0 Å². The van der Waals surface area contributed by atoms with Crippen molar-refractivity contribution < 1.29 is 8.78 Å². The van der Waals surface area contributed by atoms with E-state index in [9.17, 15) is 4.39 Å². The number of aromatic nitrogens is 2. The molecule has 4 nitrogen and oxygen atoms in total. The van der Waals surface area contributed by atoms with Gasteiger partial charge in [0.2, 0.25) is 0 Å². The first-order chi connectivity index (χ1) is 32.2. The molecule has 13 aromatic rings. The van der Waals surface area contributed by atoms with E-state index in [1.54, 1.807) is 24.3 Å². The van der Waals surface area contributed by atoms with E-state index < -0.39 is 0 Å². The summed E-state index contributed by atoms with van der Waals surface area (Å²) in [4.78, 5) is 4.46. The van der Waals surface area contributed by atoms with Gasteiger partial charge in [0.15, 0.2) is 0 Å². The lowest BCUT2D eigenvalue weighted by atomic mass is 10.0. The average Bonchev–Trinajstić information content (AvgIpc) is 4.06. The summed E-state index contributed by atoms with van der Waals surface area (Å²) in [6.45, 7) is 8.82. The maximum atomic E-state index is 15.1. The van der Waals surface area contributed by atoms with Gasteiger partial charge < -0.3 is 18.6 Å². The van der Waals surface area contributed by atoms with Crippen LogP contribution in [0.2, 0.25) is 0 Å². The van der Waals surface area contributed by atoms with Crippen molar-refractivity contribution >= 4 is 110 Å². The first-order valence-corrected chi connectivity index (χ1v) is 22.9. The van der Waals surface area contributed by atoms with E-state index in [2.05, 4.69) is 180 Å². The standard InChI is InChI=1S/C60H44F2N4/c1-35(2)37-20-26-41(27-21-37)63(43-30-24-39(61)25-31-43)51-16-8-18-53-57(51)47-14-6-12-45-49-34-56-50(33-55(49)65(53)59(45)47)46-13-7-15-48-58-52(17-9-19-54(58)66(56)60(46)48)64(44-11-5-10-40(62)32-44)42-28-22-38(23-29-42)36(3)4/h5-36H,1-4H3. The second-order valence-corrected chi connectivity index (χ2v) is 18.4.